The molecule has 0 fully saturated rings. The number of urea groups is 1. The summed E-state index contributed by atoms with van der Waals surface area (Å²) in [7, 11) is 0. The Balaban J connectivity index is 1.43. The van der Waals surface area contributed by atoms with Crippen LogP contribution in [0, 0.1) is 12.3 Å². The second-order valence-electron chi connectivity index (χ2n) is 5.94. The molecule has 3 aromatic rings. The normalized spacial score (nSPS) is 9.96. The van der Waals surface area contributed by atoms with E-state index in [2.05, 4.69) is 27.0 Å². The molecule has 2 aromatic carbocycles. The molecule has 140 valence electrons. The van der Waals surface area contributed by atoms with E-state index in [1.54, 1.807) is 35.1 Å². The van der Waals surface area contributed by atoms with Gasteiger partial charge in [0.1, 0.15) is 0 Å². The van der Waals surface area contributed by atoms with Crippen LogP contribution in [0.1, 0.15) is 11.1 Å². The zero-order chi connectivity index (χ0) is 19.8. The molecule has 0 atom stereocenters. The molecule has 3 N–H and O–H groups in total. The van der Waals surface area contributed by atoms with Gasteiger partial charge in [-0.05, 0) is 30.3 Å². The molecule has 0 aliphatic carbocycles. The lowest BCUT2D eigenvalue weighted by atomic mass is 10.2. The van der Waals surface area contributed by atoms with E-state index < -0.39 is 6.03 Å². The summed E-state index contributed by atoms with van der Waals surface area (Å²) in [4.78, 5) is 23.8. The van der Waals surface area contributed by atoms with Crippen LogP contribution in [0.5, 0.6) is 0 Å². The van der Waals surface area contributed by atoms with Gasteiger partial charge in [-0.2, -0.15) is 5.10 Å². The van der Waals surface area contributed by atoms with E-state index in [0.29, 0.717) is 17.8 Å². The first kappa shape index (κ1) is 18.7. The first-order valence-electron chi connectivity index (χ1n) is 8.61. The standard InChI is InChI=1S/C21H19N5O2/c1-2-16-7-6-8-18(11-16)25-20(27)14-23-21(28)22-12-17-13-24-26(15-17)19-9-4-3-5-10-19/h1,3-11,13,15H,12,14H2,(H,25,27)(H2,22,23,28). The van der Waals surface area contributed by atoms with E-state index in [4.69, 9.17) is 6.42 Å². The smallest absolute Gasteiger partial charge is 0.315 e. The summed E-state index contributed by atoms with van der Waals surface area (Å²) in [5.41, 5.74) is 3.02. The lowest BCUT2D eigenvalue weighted by molar-refractivity contribution is -0.115. The van der Waals surface area contributed by atoms with Gasteiger partial charge >= 0.3 is 6.03 Å². The molecule has 0 radical (unpaired) electrons. The highest BCUT2D eigenvalue weighted by molar-refractivity contribution is 5.94. The minimum atomic E-state index is -0.444. The Bertz CT molecular complexity index is 1000. The molecular formula is C21H19N5O2. The minimum Gasteiger partial charge on any atom is -0.334 e. The number of benzene rings is 2. The largest absolute Gasteiger partial charge is 0.334 e. The molecule has 28 heavy (non-hydrogen) atoms. The molecular weight excluding hydrogens is 354 g/mol. The van der Waals surface area contributed by atoms with Crippen molar-refractivity contribution in [1.82, 2.24) is 20.4 Å². The summed E-state index contributed by atoms with van der Waals surface area (Å²) < 4.78 is 1.73. The quantitative estimate of drug-likeness (QED) is 0.579. The second-order valence-corrected chi connectivity index (χ2v) is 5.94. The predicted octanol–water partition coefficient (Wildman–Crippen LogP) is 2.29. The molecule has 0 saturated carbocycles. The van der Waals surface area contributed by atoms with E-state index in [9.17, 15) is 9.59 Å². The van der Waals surface area contributed by atoms with Crippen LogP contribution in [-0.4, -0.2) is 28.3 Å². The van der Waals surface area contributed by atoms with Gasteiger partial charge < -0.3 is 16.0 Å². The average molecular weight is 373 g/mol. The fourth-order valence-electron chi connectivity index (χ4n) is 2.47. The highest BCUT2D eigenvalue weighted by Gasteiger charge is 2.07. The number of carbonyl (C=O) groups excluding carboxylic acids is 2. The van der Waals surface area contributed by atoms with Gasteiger partial charge in [0, 0.05) is 29.6 Å². The number of aromatic nitrogens is 2. The molecule has 0 spiro atoms. The number of para-hydroxylation sites is 1. The summed E-state index contributed by atoms with van der Waals surface area (Å²) >= 11 is 0. The molecule has 7 nitrogen and oxygen atoms in total. The van der Waals surface area contributed by atoms with Gasteiger partial charge in [-0.3, -0.25) is 4.79 Å². The highest BCUT2D eigenvalue weighted by atomic mass is 16.2. The summed E-state index contributed by atoms with van der Waals surface area (Å²) in [6.07, 6.45) is 8.84. The third-order valence-corrected chi connectivity index (χ3v) is 3.83. The predicted molar refractivity (Wildman–Crippen MR) is 107 cm³/mol. The molecule has 0 saturated heterocycles. The van der Waals surface area contributed by atoms with Crippen LogP contribution in [-0.2, 0) is 11.3 Å². The first-order valence-corrected chi connectivity index (χ1v) is 8.61. The van der Waals surface area contributed by atoms with Crippen molar-refractivity contribution < 1.29 is 9.59 Å². The van der Waals surface area contributed by atoms with Crippen LogP contribution in [0.25, 0.3) is 5.69 Å². The van der Waals surface area contributed by atoms with Crippen molar-refractivity contribution in [1.29, 1.82) is 0 Å². The summed E-state index contributed by atoms with van der Waals surface area (Å²) in [5, 5.41) is 12.1. The molecule has 0 aliphatic rings. The zero-order valence-electron chi connectivity index (χ0n) is 15.1. The fourth-order valence-corrected chi connectivity index (χ4v) is 2.47. The third-order valence-electron chi connectivity index (χ3n) is 3.83. The average Bonchev–Trinajstić information content (AvgIpc) is 3.20. The van der Waals surface area contributed by atoms with Gasteiger partial charge in [0.25, 0.3) is 0 Å². The maximum Gasteiger partial charge on any atom is 0.315 e. The second kappa shape index (κ2) is 9.05. The van der Waals surface area contributed by atoms with Crippen molar-refractivity contribution in [3.05, 3.63) is 78.1 Å². The Morgan fingerprint density at radius 3 is 2.68 bits per heavy atom. The van der Waals surface area contributed by atoms with E-state index in [-0.39, 0.29) is 12.5 Å². The third kappa shape index (κ3) is 5.22. The Hall–Kier alpha value is -4.05. The van der Waals surface area contributed by atoms with E-state index >= 15 is 0 Å². The molecule has 7 heteroatoms. The van der Waals surface area contributed by atoms with Crippen LogP contribution in [0.2, 0.25) is 0 Å². The van der Waals surface area contributed by atoms with Gasteiger partial charge in [0.2, 0.25) is 5.91 Å². The van der Waals surface area contributed by atoms with Crippen molar-refractivity contribution in [3.8, 4) is 18.0 Å². The van der Waals surface area contributed by atoms with Crippen LogP contribution < -0.4 is 16.0 Å². The molecule has 3 amide bonds. The lowest BCUT2D eigenvalue weighted by Gasteiger charge is -2.08. The number of nitrogens with zero attached hydrogens (tertiary/aromatic N) is 2. The SMILES string of the molecule is C#Cc1cccc(NC(=O)CNC(=O)NCc2cnn(-c3ccccc3)c2)c1. The fraction of sp³-hybridized carbons (Fsp3) is 0.0952. The van der Waals surface area contributed by atoms with Crippen LogP contribution in [0.4, 0.5) is 10.5 Å². The Morgan fingerprint density at radius 2 is 1.89 bits per heavy atom. The molecule has 1 aromatic heterocycles. The summed E-state index contributed by atoms with van der Waals surface area (Å²) in [6, 6.07) is 16.1. The van der Waals surface area contributed by atoms with Crippen LogP contribution in [0.3, 0.4) is 0 Å². The van der Waals surface area contributed by atoms with E-state index in [0.717, 1.165) is 11.3 Å². The van der Waals surface area contributed by atoms with Crippen molar-refractivity contribution in [2.75, 3.05) is 11.9 Å². The number of carbonyl (C=O) groups is 2. The van der Waals surface area contributed by atoms with E-state index in [1.165, 1.54) is 0 Å². The van der Waals surface area contributed by atoms with Gasteiger partial charge in [0.05, 0.1) is 18.4 Å². The number of rotatable bonds is 6. The van der Waals surface area contributed by atoms with Crippen molar-refractivity contribution >= 4 is 17.6 Å². The summed E-state index contributed by atoms with van der Waals surface area (Å²) in [5.74, 6) is 2.15. The molecule has 1 heterocycles. The van der Waals surface area contributed by atoms with E-state index in [1.807, 2.05) is 36.5 Å². The Morgan fingerprint density at radius 1 is 1.07 bits per heavy atom. The van der Waals surface area contributed by atoms with Crippen LogP contribution in [0.15, 0.2) is 67.0 Å². The Kier molecular flexibility index (Phi) is 6.06. The number of nitrogens with one attached hydrogen (secondary N) is 3. The van der Waals surface area contributed by atoms with Crippen molar-refractivity contribution in [3.63, 3.8) is 0 Å². The number of hydrogen-bond donors (Lipinski definition) is 3. The number of anilines is 1. The first-order chi connectivity index (χ1) is 13.6. The van der Waals surface area contributed by atoms with Gasteiger partial charge in [-0.25, -0.2) is 9.48 Å². The maximum absolute atomic E-state index is 11.9. The number of terminal acetylenes is 1. The maximum atomic E-state index is 11.9. The summed E-state index contributed by atoms with van der Waals surface area (Å²) in [6.45, 7) is 0.139. The number of amides is 3. The van der Waals surface area contributed by atoms with Gasteiger partial charge in [-0.1, -0.05) is 30.2 Å². The molecule has 3 rings (SSSR count). The monoisotopic (exact) mass is 373 g/mol. The van der Waals surface area contributed by atoms with Gasteiger partial charge in [0.15, 0.2) is 0 Å². The minimum absolute atomic E-state index is 0.157. The molecule has 0 bridgehead atoms. The lowest BCUT2D eigenvalue weighted by Crippen LogP contribution is -2.39. The topological polar surface area (TPSA) is 88.1 Å². The van der Waals surface area contributed by atoms with Crippen molar-refractivity contribution in [2.24, 2.45) is 0 Å². The zero-order valence-corrected chi connectivity index (χ0v) is 15.1. The van der Waals surface area contributed by atoms with Crippen LogP contribution >= 0.6 is 0 Å². The van der Waals surface area contributed by atoms with Gasteiger partial charge in [-0.15, -0.1) is 6.42 Å². The molecule has 0 unspecified atom stereocenters. The number of hydrogen-bond acceptors (Lipinski definition) is 3. The van der Waals surface area contributed by atoms with Crippen molar-refractivity contribution in [2.45, 2.75) is 6.54 Å². The highest BCUT2D eigenvalue weighted by Crippen LogP contribution is 2.09. The Labute approximate surface area is 162 Å². The molecule has 0 aliphatic heterocycles.